The van der Waals surface area contributed by atoms with Gasteiger partial charge in [0.25, 0.3) is 0 Å². The molecule has 0 aromatic carbocycles. The number of aromatic nitrogens is 5. The quantitative estimate of drug-likeness (QED) is 0.646. The van der Waals surface area contributed by atoms with E-state index in [2.05, 4.69) is 43.0 Å². The molecule has 0 radical (unpaired) electrons. The molecule has 0 amide bonds. The highest BCUT2D eigenvalue weighted by molar-refractivity contribution is 5.74. The summed E-state index contributed by atoms with van der Waals surface area (Å²) in [6, 6.07) is 4.12. The molecule has 0 N–H and O–H groups in total. The van der Waals surface area contributed by atoms with Gasteiger partial charge in [-0.2, -0.15) is 0 Å². The maximum atomic E-state index is 4.89. The fourth-order valence-electron chi connectivity index (χ4n) is 4.34. The van der Waals surface area contributed by atoms with Crippen molar-refractivity contribution in [3.63, 3.8) is 0 Å². The van der Waals surface area contributed by atoms with Gasteiger partial charge >= 0.3 is 0 Å². The topological polar surface area (TPSA) is 87.3 Å². The minimum absolute atomic E-state index is 0.482. The summed E-state index contributed by atoms with van der Waals surface area (Å²) in [6.45, 7) is 8.77. The lowest BCUT2D eigenvalue weighted by Gasteiger charge is -2.37. The smallest absolute Gasteiger partial charge is 0.245 e. The van der Waals surface area contributed by atoms with Crippen LogP contribution in [0.1, 0.15) is 36.9 Å². The summed E-state index contributed by atoms with van der Waals surface area (Å²) in [5, 5.41) is 7.87. The molecule has 0 saturated carbocycles. The molecule has 2 fully saturated rings. The van der Waals surface area contributed by atoms with E-state index >= 15 is 0 Å². The van der Waals surface area contributed by atoms with Crippen molar-refractivity contribution in [2.24, 2.45) is 0 Å². The van der Waals surface area contributed by atoms with Crippen molar-refractivity contribution in [2.45, 2.75) is 39.2 Å². The molecule has 5 heterocycles. The average molecular weight is 409 g/mol. The largest absolute Gasteiger partial charge is 0.353 e. The summed E-state index contributed by atoms with van der Waals surface area (Å²) in [7, 11) is 0. The summed E-state index contributed by atoms with van der Waals surface area (Å²) < 4.78 is 4.89. The number of aryl methyl sites for hydroxylation is 1. The number of pyridine rings is 1. The second-order valence-electron chi connectivity index (χ2n) is 8.21. The van der Waals surface area contributed by atoms with Gasteiger partial charge in [-0.15, -0.1) is 0 Å². The average Bonchev–Trinajstić information content (AvgIpc) is 3.06. The van der Waals surface area contributed by atoms with Gasteiger partial charge in [0.05, 0.1) is 5.69 Å². The van der Waals surface area contributed by atoms with Crippen LogP contribution >= 0.6 is 0 Å². The number of hydrogen-bond acceptors (Lipinski definition) is 9. The first-order valence-electron chi connectivity index (χ1n) is 10.9. The second kappa shape index (κ2) is 8.51. The lowest BCUT2D eigenvalue weighted by atomic mass is 10.2. The molecule has 158 valence electrons. The number of anilines is 2. The van der Waals surface area contributed by atoms with Crippen LogP contribution in [0.4, 0.5) is 11.6 Å². The van der Waals surface area contributed by atoms with Crippen LogP contribution in [0, 0.1) is 6.92 Å². The highest BCUT2D eigenvalue weighted by Crippen LogP contribution is 2.30. The summed E-state index contributed by atoms with van der Waals surface area (Å²) in [5.74, 6) is 1.84. The van der Waals surface area contributed by atoms with E-state index in [1.807, 2.05) is 12.3 Å². The van der Waals surface area contributed by atoms with E-state index < -0.39 is 0 Å². The Kier molecular flexibility index (Phi) is 5.44. The van der Waals surface area contributed by atoms with Crippen LogP contribution in [0.5, 0.6) is 0 Å². The fraction of sp³-hybridized carbons (Fsp3) is 0.571. The van der Waals surface area contributed by atoms with Crippen LogP contribution < -0.4 is 9.80 Å². The van der Waals surface area contributed by atoms with Gasteiger partial charge in [-0.05, 0) is 41.7 Å². The molecule has 0 bridgehead atoms. The third-order valence-electron chi connectivity index (χ3n) is 6.15. The first kappa shape index (κ1) is 19.2. The van der Waals surface area contributed by atoms with Gasteiger partial charge in [0.1, 0.15) is 0 Å². The second-order valence-corrected chi connectivity index (χ2v) is 8.21. The molecule has 3 aromatic heterocycles. The van der Waals surface area contributed by atoms with E-state index in [9.17, 15) is 0 Å². The monoisotopic (exact) mass is 408 g/mol. The zero-order valence-corrected chi connectivity index (χ0v) is 17.5. The number of nitrogens with zero attached hydrogens (tertiary/aromatic N) is 8. The molecule has 0 spiro atoms. The molecule has 30 heavy (non-hydrogen) atoms. The molecule has 0 atom stereocenters. The zero-order valence-electron chi connectivity index (χ0n) is 17.5. The molecule has 2 aliphatic heterocycles. The van der Waals surface area contributed by atoms with Gasteiger partial charge < -0.3 is 9.80 Å². The fourth-order valence-corrected chi connectivity index (χ4v) is 4.34. The van der Waals surface area contributed by atoms with Crippen molar-refractivity contribution in [3.8, 4) is 0 Å². The zero-order chi connectivity index (χ0) is 20.3. The number of piperazine rings is 1. The minimum Gasteiger partial charge on any atom is -0.353 e. The summed E-state index contributed by atoms with van der Waals surface area (Å²) in [4.78, 5) is 21.3. The first-order valence-corrected chi connectivity index (χ1v) is 10.9. The summed E-state index contributed by atoms with van der Waals surface area (Å²) in [6.07, 6.45) is 6.81. The van der Waals surface area contributed by atoms with Crippen LogP contribution in [0.2, 0.25) is 0 Å². The Balaban J connectivity index is 1.35. The number of hydrogen-bond donors (Lipinski definition) is 0. The predicted molar refractivity (Wildman–Crippen MR) is 115 cm³/mol. The van der Waals surface area contributed by atoms with Gasteiger partial charge in [-0.3, -0.25) is 9.88 Å². The van der Waals surface area contributed by atoms with Crippen molar-refractivity contribution < 1.29 is 4.63 Å². The van der Waals surface area contributed by atoms with Crippen molar-refractivity contribution in [1.82, 2.24) is 30.2 Å². The minimum atomic E-state index is 0.482. The van der Waals surface area contributed by atoms with Crippen molar-refractivity contribution in [3.05, 3.63) is 29.6 Å². The Labute approximate surface area is 176 Å². The van der Waals surface area contributed by atoms with E-state index in [1.165, 1.54) is 31.2 Å². The predicted octanol–water partition coefficient (Wildman–Crippen LogP) is 2.42. The first-order chi connectivity index (χ1) is 14.8. The number of fused-ring (bicyclic) bond motifs is 1. The molecule has 3 aromatic rings. The Morgan fingerprint density at radius 1 is 0.833 bits per heavy atom. The van der Waals surface area contributed by atoms with Gasteiger partial charge in [0.2, 0.25) is 11.3 Å². The summed E-state index contributed by atoms with van der Waals surface area (Å²) in [5.41, 5.74) is 3.38. The van der Waals surface area contributed by atoms with E-state index in [1.54, 1.807) is 0 Å². The lowest BCUT2D eigenvalue weighted by Crippen LogP contribution is -2.47. The van der Waals surface area contributed by atoms with Gasteiger partial charge in [0, 0.05) is 52.0 Å². The summed E-state index contributed by atoms with van der Waals surface area (Å²) >= 11 is 0. The van der Waals surface area contributed by atoms with E-state index in [4.69, 9.17) is 14.6 Å². The Bertz CT molecular complexity index is 990. The van der Waals surface area contributed by atoms with Gasteiger partial charge in [0.15, 0.2) is 11.6 Å². The highest BCUT2D eigenvalue weighted by Gasteiger charge is 2.26. The van der Waals surface area contributed by atoms with Crippen molar-refractivity contribution >= 4 is 22.9 Å². The maximum Gasteiger partial charge on any atom is 0.245 e. The Hall–Kier alpha value is -2.81. The molecule has 9 heteroatoms. The van der Waals surface area contributed by atoms with E-state index in [0.29, 0.717) is 11.3 Å². The molecular weight excluding hydrogens is 380 g/mol. The van der Waals surface area contributed by atoms with Crippen LogP contribution in [-0.4, -0.2) is 69.4 Å². The highest BCUT2D eigenvalue weighted by atomic mass is 16.6. The maximum absolute atomic E-state index is 4.89. The molecular formula is C21H28N8O. The number of rotatable bonds is 4. The molecule has 0 unspecified atom stereocenters. The normalized spacial score (nSPS) is 18.7. The molecule has 0 aliphatic carbocycles. The van der Waals surface area contributed by atoms with Crippen LogP contribution in [0.15, 0.2) is 23.0 Å². The molecule has 2 aliphatic rings. The van der Waals surface area contributed by atoms with E-state index in [-0.39, 0.29) is 0 Å². The van der Waals surface area contributed by atoms with Gasteiger partial charge in [-0.1, -0.05) is 18.9 Å². The van der Waals surface area contributed by atoms with Crippen molar-refractivity contribution in [2.75, 3.05) is 49.1 Å². The third kappa shape index (κ3) is 3.94. The lowest BCUT2D eigenvalue weighted by molar-refractivity contribution is 0.246. The molecule has 9 nitrogen and oxygen atoms in total. The van der Waals surface area contributed by atoms with Gasteiger partial charge in [-0.25, -0.2) is 14.6 Å². The van der Waals surface area contributed by atoms with Crippen LogP contribution in [0.25, 0.3) is 11.3 Å². The molecule has 5 rings (SSSR count). The van der Waals surface area contributed by atoms with Crippen molar-refractivity contribution in [1.29, 1.82) is 0 Å². The molecule has 2 saturated heterocycles. The van der Waals surface area contributed by atoms with E-state index in [0.717, 1.165) is 63.1 Å². The third-order valence-corrected chi connectivity index (χ3v) is 6.15. The standard InChI is InChI=1S/C21H28N8O/c1-16-7-6-8-22-17(16)15-27-11-13-29(14-12-27)21-20(28-9-4-2-3-5-10-28)23-18-19(24-21)26-30-25-18/h6-8H,2-5,9-15H2,1H3. The Morgan fingerprint density at radius 2 is 1.47 bits per heavy atom. The van der Waals surface area contributed by atoms with Crippen LogP contribution in [0.3, 0.4) is 0 Å². The Morgan fingerprint density at radius 3 is 2.10 bits per heavy atom. The van der Waals surface area contributed by atoms with Crippen LogP contribution in [-0.2, 0) is 6.54 Å². The SMILES string of the molecule is Cc1cccnc1CN1CCN(c2nc3nonc3nc2N2CCCCCC2)CC1.